The number of nitrogens with zero attached hydrogens (tertiary/aromatic N) is 3. The van der Waals surface area contributed by atoms with Crippen LogP contribution in [0.15, 0.2) is 67.0 Å². The monoisotopic (exact) mass is 529 g/mol. The third-order valence-corrected chi connectivity index (χ3v) is 7.40. The smallest absolute Gasteiger partial charge is 0.251 e. The predicted octanol–water partition coefficient (Wildman–Crippen LogP) is 4.46. The third kappa shape index (κ3) is 4.94. The fourth-order valence-corrected chi connectivity index (χ4v) is 5.31. The molecular weight excluding hydrogens is 502 g/mol. The van der Waals surface area contributed by atoms with Crippen LogP contribution >= 0.6 is 11.6 Å². The Kier molecular flexibility index (Phi) is 6.70. The summed E-state index contributed by atoms with van der Waals surface area (Å²) in [6.45, 7) is 2.20. The Bertz CT molecular complexity index is 1440. The summed E-state index contributed by atoms with van der Waals surface area (Å²) < 4.78 is 5.74. The van der Waals surface area contributed by atoms with Gasteiger partial charge in [-0.2, -0.15) is 5.10 Å². The summed E-state index contributed by atoms with van der Waals surface area (Å²) >= 11 is 6.12. The molecule has 1 atom stereocenters. The van der Waals surface area contributed by atoms with E-state index in [1.54, 1.807) is 18.5 Å². The summed E-state index contributed by atoms with van der Waals surface area (Å²) in [5.41, 5.74) is 2.82. The molecule has 1 fully saturated rings. The van der Waals surface area contributed by atoms with Crippen LogP contribution in [0.2, 0.25) is 5.02 Å². The van der Waals surface area contributed by atoms with Crippen LogP contribution in [0.5, 0.6) is 5.75 Å². The number of aromatic nitrogens is 4. The van der Waals surface area contributed by atoms with E-state index in [9.17, 15) is 4.79 Å². The Morgan fingerprint density at radius 1 is 1.08 bits per heavy atom. The van der Waals surface area contributed by atoms with Crippen LogP contribution in [0.3, 0.4) is 0 Å². The summed E-state index contributed by atoms with van der Waals surface area (Å²) in [4.78, 5) is 22.2. The van der Waals surface area contributed by atoms with Crippen molar-refractivity contribution in [1.82, 2.24) is 30.8 Å². The maximum Gasteiger partial charge on any atom is 0.251 e. The Labute approximate surface area is 225 Å². The van der Waals surface area contributed by atoms with Crippen LogP contribution in [0, 0.1) is 0 Å². The Hall–Kier alpha value is -3.95. The Balaban J connectivity index is 1.23. The highest BCUT2D eigenvalue weighted by molar-refractivity contribution is 6.30. The van der Waals surface area contributed by atoms with Gasteiger partial charge in [-0.05, 0) is 68.4 Å². The first kappa shape index (κ1) is 24.4. The van der Waals surface area contributed by atoms with Gasteiger partial charge in [0.1, 0.15) is 5.75 Å². The number of aromatic amines is 1. The number of nitrogens with one attached hydrogen (secondary N) is 4. The van der Waals surface area contributed by atoms with Crippen molar-refractivity contribution in [3.8, 4) is 17.1 Å². The summed E-state index contributed by atoms with van der Waals surface area (Å²) in [5, 5.41) is 18.5. The number of pyridine rings is 1. The topological polar surface area (TPSA) is 117 Å². The molecule has 0 spiro atoms. The highest BCUT2D eigenvalue weighted by Crippen LogP contribution is 2.35. The van der Waals surface area contributed by atoms with Gasteiger partial charge in [0, 0.05) is 46.2 Å². The van der Waals surface area contributed by atoms with E-state index in [4.69, 9.17) is 21.3 Å². The molecule has 2 aromatic heterocycles. The average molecular weight is 530 g/mol. The van der Waals surface area contributed by atoms with E-state index in [-0.39, 0.29) is 11.9 Å². The SMILES string of the molecule is O=C(N[C@H]1CCOc2cc(Cl)ccc21)c1cccc(NC2(c3nc(-c4ccncc4)n[nH]3)CCNCC2)c1. The van der Waals surface area contributed by atoms with Gasteiger partial charge in [0.2, 0.25) is 0 Å². The van der Waals surface area contributed by atoms with Crippen LogP contribution in [-0.2, 0) is 5.54 Å². The van der Waals surface area contributed by atoms with Crippen molar-refractivity contribution < 1.29 is 9.53 Å². The van der Waals surface area contributed by atoms with Gasteiger partial charge < -0.3 is 20.7 Å². The van der Waals surface area contributed by atoms with Gasteiger partial charge in [-0.15, -0.1) is 0 Å². The lowest BCUT2D eigenvalue weighted by Crippen LogP contribution is -2.46. The molecule has 1 saturated heterocycles. The number of anilines is 1. The third-order valence-electron chi connectivity index (χ3n) is 7.16. The molecule has 0 saturated carbocycles. The second kappa shape index (κ2) is 10.4. The fourth-order valence-electron chi connectivity index (χ4n) is 5.15. The van der Waals surface area contributed by atoms with E-state index in [0.717, 1.165) is 54.3 Å². The molecule has 0 unspecified atom stereocenters. The van der Waals surface area contributed by atoms with Crippen LogP contribution < -0.4 is 20.7 Å². The molecule has 38 heavy (non-hydrogen) atoms. The largest absolute Gasteiger partial charge is 0.493 e. The number of carbonyl (C=O) groups is 1. The quantitative estimate of drug-likeness (QED) is 0.291. The number of hydrogen-bond acceptors (Lipinski definition) is 7. The standard InChI is InChI=1S/C28H28ClN7O2/c29-20-4-5-22-23(8-15-38-24(22)17-20)32-26(37)19-2-1-3-21(16-19)34-28(9-13-31-14-10-28)27-33-25(35-36-27)18-6-11-30-12-7-18/h1-7,11-12,16-17,23,31,34H,8-10,13-15H2,(H,32,37)(H,33,35,36)/t23-/m0/s1. The van der Waals surface area contributed by atoms with Crippen molar-refractivity contribution in [3.63, 3.8) is 0 Å². The number of rotatable bonds is 6. The van der Waals surface area contributed by atoms with E-state index in [0.29, 0.717) is 29.4 Å². The second-order valence-corrected chi connectivity index (χ2v) is 10.1. The number of amides is 1. The number of hydrogen-bond donors (Lipinski definition) is 4. The number of ether oxygens (including phenoxy) is 1. The maximum absolute atomic E-state index is 13.3. The molecule has 4 aromatic rings. The zero-order valence-electron chi connectivity index (χ0n) is 20.7. The minimum Gasteiger partial charge on any atom is -0.493 e. The molecule has 2 aliphatic rings. The molecule has 0 aliphatic carbocycles. The van der Waals surface area contributed by atoms with Gasteiger partial charge >= 0.3 is 0 Å². The molecule has 1 amide bonds. The summed E-state index contributed by atoms with van der Waals surface area (Å²) in [6.07, 6.45) is 5.79. The van der Waals surface area contributed by atoms with Gasteiger partial charge in [-0.25, -0.2) is 4.98 Å². The van der Waals surface area contributed by atoms with Gasteiger partial charge in [0.25, 0.3) is 5.91 Å². The lowest BCUT2D eigenvalue weighted by atomic mass is 9.87. The molecule has 0 bridgehead atoms. The molecule has 194 valence electrons. The zero-order valence-corrected chi connectivity index (χ0v) is 21.5. The highest BCUT2D eigenvalue weighted by atomic mass is 35.5. The molecule has 2 aliphatic heterocycles. The van der Waals surface area contributed by atoms with Crippen LogP contribution in [-0.4, -0.2) is 45.8 Å². The average Bonchev–Trinajstić information content (AvgIpc) is 3.46. The molecule has 6 rings (SSSR count). The fraction of sp³-hybridized carbons (Fsp3) is 0.286. The molecule has 4 heterocycles. The summed E-state index contributed by atoms with van der Waals surface area (Å²) in [5.74, 6) is 1.99. The first-order chi connectivity index (χ1) is 18.6. The van der Waals surface area contributed by atoms with Gasteiger partial charge in [-0.3, -0.25) is 14.9 Å². The van der Waals surface area contributed by atoms with Crippen LogP contribution in [0.1, 0.15) is 47.1 Å². The van der Waals surface area contributed by atoms with Crippen molar-refractivity contribution in [3.05, 3.63) is 89.0 Å². The molecule has 4 N–H and O–H groups in total. The lowest BCUT2D eigenvalue weighted by Gasteiger charge is -2.37. The Morgan fingerprint density at radius 3 is 2.76 bits per heavy atom. The molecule has 9 nitrogen and oxygen atoms in total. The highest BCUT2D eigenvalue weighted by Gasteiger charge is 2.37. The first-order valence-corrected chi connectivity index (χ1v) is 13.1. The van der Waals surface area contributed by atoms with E-state index in [1.165, 1.54) is 0 Å². The maximum atomic E-state index is 13.3. The van der Waals surface area contributed by atoms with Gasteiger partial charge in [0.05, 0.1) is 18.2 Å². The summed E-state index contributed by atoms with van der Waals surface area (Å²) in [7, 11) is 0. The zero-order chi connectivity index (χ0) is 26.0. The normalized spacial score (nSPS) is 18.2. The van der Waals surface area contributed by atoms with Crippen molar-refractivity contribution >= 4 is 23.2 Å². The summed E-state index contributed by atoms with van der Waals surface area (Å²) in [6, 6.07) is 16.8. The van der Waals surface area contributed by atoms with Gasteiger partial charge in [0.15, 0.2) is 11.6 Å². The van der Waals surface area contributed by atoms with Gasteiger partial charge in [-0.1, -0.05) is 23.7 Å². The lowest BCUT2D eigenvalue weighted by molar-refractivity contribution is 0.0925. The molecular formula is C28H28ClN7O2. The van der Waals surface area contributed by atoms with Crippen molar-refractivity contribution in [2.24, 2.45) is 0 Å². The second-order valence-electron chi connectivity index (χ2n) is 9.63. The molecule has 2 aromatic carbocycles. The minimum absolute atomic E-state index is 0.138. The van der Waals surface area contributed by atoms with Crippen LogP contribution in [0.25, 0.3) is 11.4 Å². The van der Waals surface area contributed by atoms with E-state index >= 15 is 0 Å². The minimum atomic E-state index is -0.447. The predicted molar refractivity (Wildman–Crippen MR) is 145 cm³/mol. The number of piperidine rings is 1. The number of carbonyl (C=O) groups excluding carboxylic acids is 1. The van der Waals surface area contributed by atoms with Crippen LogP contribution in [0.4, 0.5) is 5.69 Å². The first-order valence-electron chi connectivity index (χ1n) is 12.7. The Morgan fingerprint density at radius 2 is 1.92 bits per heavy atom. The molecule has 10 heteroatoms. The van der Waals surface area contributed by atoms with E-state index in [2.05, 4.69) is 31.1 Å². The van der Waals surface area contributed by atoms with Crippen molar-refractivity contribution in [2.75, 3.05) is 25.0 Å². The van der Waals surface area contributed by atoms with Crippen molar-refractivity contribution in [1.29, 1.82) is 0 Å². The van der Waals surface area contributed by atoms with E-state index in [1.807, 2.05) is 48.5 Å². The number of H-pyrrole nitrogens is 1. The number of fused-ring (bicyclic) bond motifs is 1. The number of halogens is 1. The number of benzene rings is 2. The van der Waals surface area contributed by atoms with E-state index < -0.39 is 5.54 Å². The molecule has 0 radical (unpaired) electrons. The van der Waals surface area contributed by atoms with Crippen molar-refractivity contribution in [2.45, 2.75) is 30.8 Å².